The van der Waals surface area contributed by atoms with Crippen LogP contribution in [0.1, 0.15) is 18.1 Å². The molecular formula is C18H16ClN3O. The van der Waals surface area contributed by atoms with Gasteiger partial charge in [0.05, 0.1) is 17.1 Å². The van der Waals surface area contributed by atoms with Crippen LogP contribution in [0.3, 0.4) is 0 Å². The highest BCUT2D eigenvalue weighted by atomic mass is 35.5. The van der Waals surface area contributed by atoms with Gasteiger partial charge in [-0.15, -0.1) is 0 Å². The first-order chi connectivity index (χ1) is 11.1. The van der Waals surface area contributed by atoms with Crippen LogP contribution in [0.15, 0.2) is 42.5 Å². The number of amides is 1. The second-order valence-electron chi connectivity index (χ2n) is 5.66. The first-order valence-corrected chi connectivity index (χ1v) is 7.80. The van der Waals surface area contributed by atoms with Crippen LogP contribution in [-0.2, 0) is 11.2 Å². The summed E-state index contributed by atoms with van der Waals surface area (Å²) in [6, 6.07) is 15.3. The molecule has 1 N–H and O–H groups in total. The monoisotopic (exact) mass is 325 g/mol. The van der Waals surface area contributed by atoms with Crippen molar-refractivity contribution in [2.75, 3.05) is 16.8 Å². The van der Waals surface area contributed by atoms with Crippen LogP contribution in [-0.4, -0.2) is 18.5 Å². The zero-order valence-corrected chi connectivity index (χ0v) is 13.5. The smallest absolute Gasteiger partial charge is 0.243 e. The van der Waals surface area contributed by atoms with E-state index in [9.17, 15) is 4.79 Å². The lowest BCUT2D eigenvalue weighted by Crippen LogP contribution is -2.37. The molecule has 3 rings (SSSR count). The molecule has 5 heteroatoms. The Morgan fingerprint density at radius 1 is 1.39 bits per heavy atom. The summed E-state index contributed by atoms with van der Waals surface area (Å²) in [5.41, 5.74) is 3.38. The van der Waals surface area contributed by atoms with E-state index in [0.29, 0.717) is 22.3 Å². The Labute approximate surface area is 140 Å². The number of hydrogen-bond donors (Lipinski definition) is 1. The summed E-state index contributed by atoms with van der Waals surface area (Å²) in [4.78, 5) is 14.4. The summed E-state index contributed by atoms with van der Waals surface area (Å²) in [6.07, 6.45) is 0.951. The number of rotatable bonds is 3. The first-order valence-electron chi connectivity index (χ1n) is 7.42. The number of para-hydroxylation sites is 1. The Morgan fingerprint density at radius 3 is 2.91 bits per heavy atom. The molecule has 0 radical (unpaired) electrons. The minimum Gasteiger partial charge on any atom is -0.359 e. The number of hydrogen-bond acceptors (Lipinski definition) is 3. The molecule has 0 bridgehead atoms. The van der Waals surface area contributed by atoms with Crippen molar-refractivity contribution in [1.82, 2.24) is 0 Å². The molecule has 1 atom stereocenters. The summed E-state index contributed by atoms with van der Waals surface area (Å²) in [6.45, 7) is 2.40. The maximum Gasteiger partial charge on any atom is 0.243 e. The molecule has 4 nitrogen and oxygen atoms in total. The SMILES string of the molecule is C[C@@H]1Cc2ccccc2N1CC(=O)Nc1ccc(C#N)c(Cl)c1. The number of halogens is 1. The molecule has 0 fully saturated rings. The number of anilines is 2. The molecule has 0 saturated carbocycles. The summed E-state index contributed by atoms with van der Waals surface area (Å²) < 4.78 is 0. The molecule has 0 spiro atoms. The van der Waals surface area contributed by atoms with E-state index in [2.05, 4.69) is 23.2 Å². The average Bonchev–Trinajstić information content (AvgIpc) is 2.83. The van der Waals surface area contributed by atoms with Crippen LogP contribution in [0.25, 0.3) is 0 Å². The normalized spacial score (nSPS) is 15.9. The minimum absolute atomic E-state index is 0.102. The van der Waals surface area contributed by atoms with Gasteiger partial charge in [0.2, 0.25) is 5.91 Å². The summed E-state index contributed by atoms with van der Waals surface area (Å²) in [7, 11) is 0. The van der Waals surface area contributed by atoms with Gasteiger partial charge in [0.1, 0.15) is 6.07 Å². The van der Waals surface area contributed by atoms with Crippen molar-refractivity contribution in [3.05, 3.63) is 58.6 Å². The Hall–Kier alpha value is -2.51. The van der Waals surface area contributed by atoms with Gasteiger partial charge in [-0.25, -0.2) is 0 Å². The van der Waals surface area contributed by atoms with Crippen molar-refractivity contribution >= 4 is 28.9 Å². The number of benzene rings is 2. The molecule has 1 amide bonds. The maximum absolute atomic E-state index is 12.3. The Bertz CT molecular complexity index is 797. The number of fused-ring (bicyclic) bond motifs is 1. The third-order valence-electron chi connectivity index (χ3n) is 4.04. The molecular weight excluding hydrogens is 310 g/mol. The quantitative estimate of drug-likeness (QED) is 0.938. The van der Waals surface area contributed by atoms with E-state index >= 15 is 0 Å². The number of carbonyl (C=O) groups excluding carboxylic acids is 1. The molecule has 1 aliphatic rings. The van der Waals surface area contributed by atoms with E-state index in [1.165, 1.54) is 5.56 Å². The van der Waals surface area contributed by atoms with Crippen LogP contribution in [0, 0.1) is 11.3 Å². The second kappa shape index (κ2) is 6.31. The summed E-state index contributed by atoms with van der Waals surface area (Å²) in [5.74, 6) is -0.102. The van der Waals surface area contributed by atoms with Crippen molar-refractivity contribution in [1.29, 1.82) is 5.26 Å². The third-order valence-corrected chi connectivity index (χ3v) is 4.35. The van der Waals surface area contributed by atoms with Gasteiger partial charge >= 0.3 is 0 Å². The highest BCUT2D eigenvalue weighted by Crippen LogP contribution is 2.31. The lowest BCUT2D eigenvalue weighted by molar-refractivity contribution is -0.115. The average molecular weight is 326 g/mol. The highest BCUT2D eigenvalue weighted by molar-refractivity contribution is 6.32. The van der Waals surface area contributed by atoms with Crippen LogP contribution in [0.2, 0.25) is 5.02 Å². The first kappa shape index (κ1) is 15.4. The topological polar surface area (TPSA) is 56.1 Å². The van der Waals surface area contributed by atoms with Crippen LogP contribution in [0.4, 0.5) is 11.4 Å². The largest absolute Gasteiger partial charge is 0.359 e. The lowest BCUT2D eigenvalue weighted by Gasteiger charge is -2.24. The van der Waals surface area contributed by atoms with E-state index < -0.39 is 0 Å². The molecule has 0 aliphatic carbocycles. The highest BCUT2D eigenvalue weighted by Gasteiger charge is 2.26. The lowest BCUT2D eigenvalue weighted by atomic mass is 10.1. The van der Waals surface area contributed by atoms with Crippen molar-refractivity contribution in [3.63, 3.8) is 0 Å². The second-order valence-corrected chi connectivity index (χ2v) is 6.07. The van der Waals surface area contributed by atoms with Crippen LogP contribution in [0.5, 0.6) is 0 Å². The molecule has 1 heterocycles. The maximum atomic E-state index is 12.3. The van der Waals surface area contributed by atoms with Crippen LogP contribution < -0.4 is 10.2 Å². The van der Waals surface area contributed by atoms with E-state index in [0.717, 1.165) is 12.1 Å². The Balaban J connectivity index is 1.71. The molecule has 116 valence electrons. The van der Waals surface area contributed by atoms with Gasteiger partial charge in [0.25, 0.3) is 0 Å². The van der Waals surface area contributed by atoms with Gasteiger partial charge in [-0.05, 0) is 43.2 Å². The predicted octanol–water partition coefficient (Wildman–Crippen LogP) is 3.60. The molecule has 0 unspecified atom stereocenters. The predicted molar refractivity (Wildman–Crippen MR) is 91.8 cm³/mol. The standard InChI is InChI=1S/C18H16ClN3O/c1-12-8-13-4-2-3-5-17(13)22(12)11-18(23)21-15-7-6-14(10-20)16(19)9-15/h2-7,9,12H,8,11H2,1H3,(H,21,23)/t12-/m1/s1. The zero-order chi connectivity index (χ0) is 16.4. The minimum atomic E-state index is -0.102. The molecule has 0 saturated heterocycles. The van der Waals surface area contributed by atoms with Gasteiger partial charge in [0.15, 0.2) is 0 Å². The fourth-order valence-electron chi connectivity index (χ4n) is 2.91. The van der Waals surface area contributed by atoms with Gasteiger partial charge in [-0.1, -0.05) is 29.8 Å². The molecule has 1 aliphatic heterocycles. The third kappa shape index (κ3) is 3.15. The number of carbonyl (C=O) groups is 1. The van der Waals surface area contributed by atoms with Crippen LogP contribution >= 0.6 is 11.6 Å². The van der Waals surface area contributed by atoms with Gasteiger partial charge < -0.3 is 10.2 Å². The van der Waals surface area contributed by atoms with Gasteiger partial charge in [-0.3, -0.25) is 4.79 Å². The van der Waals surface area contributed by atoms with E-state index in [1.54, 1.807) is 18.2 Å². The summed E-state index contributed by atoms with van der Waals surface area (Å²) in [5, 5.41) is 12.1. The molecule has 2 aromatic carbocycles. The number of nitriles is 1. The van der Waals surface area contributed by atoms with Crippen molar-refractivity contribution in [2.24, 2.45) is 0 Å². The molecule has 23 heavy (non-hydrogen) atoms. The molecule has 2 aromatic rings. The van der Waals surface area contributed by atoms with E-state index in [1.807, 2.05) is 24.3 Å². The number of nitrogens with one attached hydrogen (secondary N) is 1. The van der Waals surface area contributed by atoms with E-state index in [-0.39, 0.29) is 12.5 Å². The van der Waals surface area contributed by atoms with Gasteiger partial charge in [-0.2, -0.15) is 5.26 Å². The Morgan fingerprint density at radius 2 is 2.17 bits per heavy atom. The summed E-state index contributed by atoms with van der Waals surface area (Å²) >= 11 is 5.99. The van der Waals surface area contributed by atoms with E-state index in [4.69, 9.17) is 16.9 Å². The fourth-order valence-corrected chi connectivity index (χ4v) is 3.13. The van der Waals surface area contributed by atoms with Crippen molar-refractivity contribution in [3.8, 4) is 6.07 Å². The molecule has 0 aromatic heterocycles. The van der Waals surface area contributed by atoms with Crippen molar-refractivity contribution < 1.29 is 4.79 Å². The zero-order valence-electron chi connectivity index (χ0n) is 12.7. The number of nitrogens with zero attached hydrogens (tertiary/aromatic N) is 2. The fraction of sp³-hybridized carbons (Fsp3) is 0.222. The van der Waals surface area contributed by atoms with Crippen molar-refractivity contribution in [2.45, 2.75) is 19.4 Å². The van der Waals surface area contributed by atoms with Gasteiger partial charge in [0, 0.05) is 17.4 Å². The Kier molecular flexibility index (Phi) is 4.22.